The summed E-state index contributed by atoms with van der Waals surface area (Å²) in [5.74, 6) is 2.05. The van der Waals surface area contributed by atoms with Gasteiger partial charge in [-0.1, -0.05) is 151 Å². The van der Waals surface area contributed by atoms with Gasteiger partial charge in [-0.25, -0.2) is 0 Å². The van der Waals surface area contributed by atoms with Crippen LogP contribution in [0, 0.1) is 12.8 Å². The fourth-order valence-electron chi connectivity index (χ4n) is 13.3. The van der Waals surface area contributed by atoms with Crippen molar-refractivity contribution in [2.45, 2.75) is 134 Å². The second-order valence-electron chi connectivity index (χ2n) is 21.2. The molecule has 2 unspecified atom stereocenters. The molecule has 0 bridgehead atoms. The van der Waals surface area contributed by atoms with Gasteiger partial charge in [0.2, 0.25) is 0 Å². The lowest BCUT2D eigenvalue weighted by atomic mass is 9.69. The Bertz CT molecular complexity index is 2740. The Morgan fingerprint density at radius 3 is 1.58 bits per heavy atom. The van der Waals surface area contributed by atoms with Gasteiger partial charge in [0.1, 0.15) is 0 Å². The van der Waals surface area contributed by atoms with Crippen LogP contribution in [-0.4, -0.2) is 0 Å². The molecular weight excluding hydrogens is 773 g/mol. The molecule has 2 heteroatoms. The van der Waals surface area contributed by atoms with Crippen molar-refractivity contribution in [1.29, 1.82) is 0 Å². The number of fused-ring (bicyclic) bond motifs is 7. The lowest BCUT2D eigenvalue weighted by Crippen LogP contribution is -2.31. The Morgan fingerprint density at radius 1 is 0.500 bits per heavy atom. The summed E-state index contributed by atoms with van der Waals surface area (Å²) in [6, 6.07) is 51.2. The number of hydrogen-bond donors (Lipinski definition) is 0. The first kappa shape index (κ1) is 41.1. The van der Waals surface area contributed by atoms with Crippen molar-refractivity contribution in [3.63, 3.8) is 0 Å². The van der Waals surface area contributed by atoms with E-state index < -0.39 is 0 Å². The molecule has 0 aromatic heterocycles. The van der Waals surface area contributed by atoms with E-state index in [0.29, 0.717) is 23.7 Å². The van der Waals surface area contributed by atoms with Gasteiger partial charge in [0.15, 0.2) is 0 Å². The lowest BCUT2D eigenvalue weighted by Gasteiger charge is -2.37. The molecule has 0 heterocycles. The molecule has 0 spiro atoms. The van der Waals surface area contributed by atoms with Crippen LogP contribution < -0.4 is 9.80 Å². The first-order chi connectivity index (χ1) is 31.1. The summed E-state index contributed by atoms with van der Waals surface area (Å²) in [6.07, 6.45) is 18.6. The van der Waals surface area contributed by atoms with E-state index in [2.05, 4.69) is 197 Å². The van der Waals surface area contributed by atoms with E-state index >= 15 is 0 Å². The van der Waals surface area contributed by atoms with Gasteiger partial charge in [0, 0.05) is 45.5 Å². The van der Waals surface area contributed by atoms with Crippen molar-refractivity contribution in [1.82, 2.24) is 0 Å². The first-order valence-electron chi connectivity index (χ1n) is 24.7. The van der Waals surface area contributed by atoms with E-state index in [0.717, 1.165) is 0 Å². The SMILES string of the molecule is CC1=CC(N(c2ccccc2)c2ccc(C3CCCCC3)cc2)=CC2C1c1ccc3c(c1C2(C)C)C(C)(C)c1cc(N(c2ccccc2)c2ccc(C4CCCCC4)cc2)cc(C)c1-3. The molecule has 0 aliphatic heterocycles. The number of para-hydroxylation sites is 2. The fraction of sp³-hybridized carbons (Fsp3) is 0.355. The van der Waals surface area contributed by atoms with Crippen LogP contribution >= 0.6 is 0 Å². The second kappa shape index (κ2) is 16.1. The summed E-state index contributed by atoms with van der Waals surface area (Å²) in [4.78, 5) is 5.00. The number of allylic oxidation sites excluding steroid dienone is 3. The third-order valence-corrected chi connectivity index (χ3v) is 16.5. The summed E-state index contributed by atoms with van der Waals surface area (Å²) < 4.78 is 0. The van der Waals surface area contributed by atoms with Gasteiger partial charge in [-0.3, -0.25) is 0 Å². The molecule has 6 aromatic carbocycles. The predicted molar refractivity (Wildman–Crippen MR) is 271 cm³/mol. The Balaban J connectivity index is 0.976. The number of nitrogens with zero attached hydrogens (tertiary/aromatic N) is 2. The van der Waals surface area contributed by atoms with Crippen LogP contribution in [0.4, 0.5) is 28.4 Å². The molecule has 11 rings (SSSR count). The van der Waals surface area contributed by atoms with Crippen LogP contribution in [0.1, 0.15) is 156 Å². The largest absolute Gasteiger partial charge is 0.311 e. The van der Waals surface area contributed by atoms with Crippen molar-refractivity contribution in [3.8, 4) is 11.1 Å². The Labute approximate surface area is 383 Å². The maximum absolute atomic E-state index is 2.64. The van der Waals surface area contributed by atoms with E-state index in [1.54, 1.807) is 5.56 Å². The van der Waals surface area contributed by atoms with Crippen molar-refractivity contribution >= 4 is 28.4 Å². The number of aryl methyl sites for hydroxylation is 1. The third kappa shape index (κ3) is 6.81. The zero-order valence-corrected chi connectivity index (χ0v) is 39.1. The van der Waals surface area contributed by atoms with Crippen LogP contribution in [0.25, 0.3) is 11.1 Å². The molecule has 2 nitrogen and oxygen atoms in total. The molecule has 64 heavy (non-hydrogen) atoms. The smallest absolute Gasteiger partial charge is 0.0467 e. The molecule has 5 aliphatic rings. The molecule has 5 aliphatic carbocycles. The average molecular weight is 839 g/mol. The van der Waals surface area contributed by atoms with Crippen molar-refractivity contribution in [2.24, 2.45) is 5.92 Å². The molecule has 0 saturated heterocycles. The van der Waals surface area contributed by atoms with Gasteiger partial charge in [-0.05, 0) is 180 Å². The second-order valence-corrected chi connectivity index (χ2v) is 21.2. The Hall–Kier alpha value is -5.60. The summed E-state index contributed by atoms with van der Waals surface area (Å²) >= 11 is 0. The first-order valence-corrected chi connectivity index (χ1v) is 24.7. The maximum Gasteiger partial charge on any atom is 0.0467 e. The van der Waals surface area contributed by atoms with E-state index in [9.17, 15) is 0 Å². The molecule has 2 fully saturated rings. The quantitative estimate of drug-likeness (QED) is 0.151. The van der Waals surface area contributed by atoms with Gasteiger partial charge >= 0.3 is 0 Å². The average Bonchev–Trinajstić information content (AvgIpc) is 3.70. The monoisotopic (exact) mass is 839 g/mol. The van der Waals surface area contributed by atoms with Gasteiger partial charge in [0.25, 0.3) is 0 Å². The highest BCUT2D eigenvalue weighted by Gasteiger charge is 2.52. The molecule has 0 radical (unpaired) electrons. The van der Waals surface area contributed by atoms with Crippen molar-refractivity contribution in [3.05, 3.63) is 196 Å². The predicted octanol–water partition coefficient (Wildman–Crippen LogP) is 17.5. The van der Waals surface area contributed by atoms with Crippen molar-refractivity contribution < 1.29 is 0 Å². The highest BCUT2D eigenvalue weighted by Crippen LogP contribution is 2.63. The van der Waals surface area contributed by atoms with Gasteiger partial charge in [-0.15, -0.1) is 0 Å². The van der Waals surface area contributed by atoms with Crippen LogP contribution in [0.15, 0.2) is 157 Å². The molecule has 0 amide bonds. The van der Waals surface area contributed by atoms with Crippen LogP contribution in [-0.2, 0) is 10.8 Å². The molecule has 324 valence electrons. The third-order valence-electron chi connectivity index (χ3n) is 16.5. The zero-order valence-electron chi connectivity index (χ0n) is 39.1. The zero-order chi connectivity index (χ0) is 43.7. The van der Waals surface area contributed by atoms with Gasteiger partial charge in [0.05, 0.1) is 0 Å². The molecule has 0 N–H and O–H groups in total. The highest BCUT2D eigenvalue weighted by molar-refractivity contribution is 5.89. The standard InChI is InChI=1S/C62H66N2/c1-41-37-51(63(47-23-15-9-16-24-47)49-31-27-45(28-32-49)43-19-11-7-12-20-43)39-55-57(41)53-35-36-54-58-42(2)38-52(40-56(58)62(5,6)60(54)59(53)61(55,3)4)64(48-25-17-10-18-26-48)50-33-29-46(30-34-50)44-21-13-8-14-22-44/h9-10,15-18,23-40,43-44,55,57H,7-8,11-14,19-22H2,1-6H3. The van der Waals surface area contributed by atoms with Gasteiger partial charge < -0.3 is 9.80 Å². The summed E-state index contributed by atoms with van der Waals surface area (Å²) in [5, 5.41) is 0. The number of rotatable bonds is 8. The maximum atomic E-state index is 2.64. The van der Waals surface area contributed by atoms with E-state index in [-0.39, 0.29) is 10.8 Å². The number of hydrogen-bond acceptors (Lipinski definition) is 2. The Kier molecular flexibility index (Phi) is 10.4. The molecule has 6 aromatic rings. The molecule has 2 saturated carbocycles. The van der Waals surface area contributed by atoms with Crippen molar-refractivity contribution in [2.75, 3.05) is 9.80 Å². The van der Waals surface area contributed by atoms with Crippen LogP contribution in [0.2, 0.25) is 0 Å². The summed E-state index contributed by atoms with van der Waals surface area (Å²) in [7, 11) is 0. The summed E-state index contributed by atoms with van der Waals surface area (Å²) in [6.45, 7) is 14.8. The fourth-order valence-corrected chi connectivity index (χ4v) is 13.3. The minimum Gasteiger partial charge on any atom is -0.311 e. The number of anilines is 5. The minimum atomic E-state index is -0.185. The van der Waals surface area contributed by atoms with Crippen LogP contribution in [0.5, 0.6) is 0 Å². The van der Waals surface area contributed by atoms with E-state index in [1.807, 2.05) is 0 Å². The minimum absolute atomic E-state index is 0.0918. The highest BCUT2D eigenvalue weighted by atomic mass is 15.2. The number of benzene rings is 6. The van der Waals surface area contributed by atoms with Crippen LogP contribution in [0.3, 0.4) is 0 Å². The summed E-state index contributed by atoms with van der Waals surface area (Å²) in [5.41, 5.74) is 21.8. The topological polar surface area (TPSA) is 6.48 Å². The molecular formula is C62H66N2. The van der Waals surface area contributed by atoms with E-state index in [4.69, 9.17) is 0 Å². The normalized spacial score (nSPS) is 21.0. The Morgan fingerprint density at radius 2 is 1.02 bits per heavy atom. The van der Waals surface area contributed by atoms with E-state index in [1.165, 1.54) is 148 Å². The molecule has 2 atom stereocenters. The van der Waals surface area contributed by atoms with Gasteiger partial charge in [-0.2, -0.15) is 0 Å². The lowest BCUT2D eigenvalue weighted by molar-refractivity contribution is 0.380.